The van der Waals surface area contributed by atoms with Gasteiger partial charge in [0, 0.05) is 31.9 Å². The Hall–Kier alpha value is -3.39. The van der Waals surface area contributed by atoms with Gasteiger partial charge in [0.2, 0.25) is 5.91 Å². The van der Waals surface area contributed by atoms with Crippen LogP contribution in [0.2, 0.25) is 0 Å². The highest BCUT2D eigenvalue weighted by molar-refractivity contribution is 5.85. The molecule has 0 spiro atoms. The number of alkyl carbamates (subject to hydrolysis) is 1. The summed E-state index contributed by atoms with van der Waals surface area (Å²) in [6.45, 7) is 1.21. The van der Waals surface area contributed by atoms with Crippen molar-refractivity contribution in [2.45, 2.75) is 56.2 Å². The van der Waals surface area contributed by atoms with Gasteiger partial charge in [0.25, 0.3) is 0 Å². The molecule has 5 rings (SSSR count). The van der Waals surface area contributed by atoms with Crippen LogP contribution in [-0.2, 0) is 19.1 Å². The fraction of sp³-hybridized carbons (Fsp3) is 0.444. The summed E-state index contributed by atoms with van der Waals surface area (Å²) in [4.78, 5) is 38.1. The lowest BCUT2D eigenvalue weighted by Crippen LogP contribution is -2.45. The fourth-order valence-corrected chi connectivity index (χ4v) is 5.69. The molecule has 2 amide bonds. The number of amides is 2. The number of fused-ring (bicyclic) bond motifs is 4. The maximum absolute atomic E-state index is 12.7. The van der Waals surface area contributed by atoms with Crippen molar-refractivity contribution in [3.63, 3.8) is 0 Å². The van der Waals surface area contributed by atoms with Gasteiger partial charge in [-0.15, -0.1) is 0 Å². The zero-order chi connectivity index (χ0) is 24.4. The van der Waals surface area contributed by atoms with Gasteiger partial charge in [-0.2, -0.15) is 0 Å². The molecule has 2 aliphatic heterocycles. The van der Waals surface area contributed by atoms with Crippen molar-refractivity contribution in [1.29, 1.82) is 0 Å². The topological polar surface area (TPSA) is 105 Å². The van der Waals surface area contributed by atoms with Crippen molar-refractivity contribution in [1.82, 2.24) is 10.2 Å². The number of carboxylic acids is 1. The number of unbranched alkanes of at least 4 members (excludes halogenated alkanes) is 1. The van der Waals surface area contributed by atoms with Crippen LogP contribution in [0.15, 0.2) is 48.5 Å². The van der Waals surface area contributed by atoms with E-state index in [0.29, 0.717) is 38.8 Å². The molecule has 3 aliphatic rings. The highest BCUT2D eigenvalue weighted by Gasteiger charge is 2.49. The Bertz CT molecular complexity index is 1070. The maximum Gasteiger partial charge on any atom is 0.407 e. The Balaban J connectivity index is 1.06. The normalized spacial score (nSPS) is 22.4. The molecule has 0 aromatic heterocycles. The van der Waals surface area contributed by atoms with E-state index in [-0.39, 0.29) is 37.0 Å². The van der Waals surface area contributed by atoms with Crippen molar-refractivity contribution >= 4 is 18.0 Å². The van der Waals surface area contributed by atoms with E-state index in [1.807, 2.05) is 24.3 Å². The van der Waals surface area contributed by atoms with Crippen LogP contribution in [-0.4, -0.2) is 65.9 Å². The molecule has 2 aromatic carbocycles. The van der Waals surface area contributed by atoms with Gasteiger partial charge in [-0.1, -0.05) is 48.5 Å². The molecule has 8 heteroatoms. The molecule has 0 bridgehead atoms. The van der Waals surface area contributed by atoms with Gasteiger partial charge in [-0.3, -0.25) is 4.79 Å². The second kappa shape index (κ2) is 10.1. The summed E-state index contributed by atoms with van der Waals surface area (Å²) < 4.78 is 11.1. The molecule has 3 atom stereocenters. The van der Waals surface area contributed by atoms with Crippen molar-refractivity contribution in [3.05, 3.63) is 59.7 Å². The number of likely N-dealkylation sites (tertiary alicyclic amines) is 1. The van der Waals surface area contributed by atoms with Gasteiger partial charge < -0.3 is 24.8 Å². The Morgan fingerprint density at radius 1 is 1.03 bits per heavy atom. The largest absolute Gasteiger partial charge is 0.480 e. The molecule has 184 valence electrons. The van der Waals surface area contributed by atoms with Crippen LogP contribution < -0.4 is 5.32 Å². The summed E-state index contributed by atoms with van der Waals surface area (Å²) in [5.41, 5.74) is 4.69. The number of carboxylic acid groups (broad SMARTS) is 1. The third-order valence-corrected chi connectivity index (χ3v) is 7.33. The van der Waals surface area contributed by atoms with Crippen LogP contribution in [0.25, 0.3) is 11.1 Å². The van der Waals surface area contributed by atoms with Crippen LogP contribution in [0.3, 0.4) is 0 Å². The van der Waals surface area contributed by atoms with Crippen LogP contribution in [0, 0.1) is 0 Å². The molecular weight excluding hydrogens is 448 g/mol. The zero-order valence-corrected chi connectivity index (χ0v) is 19.5. The van der Waals surface area contributed by atoms with E-state index in [9.17, 15) is 19.5 Å². The minimum absolute atomic E-state index is 0.0109. The first kappa shape index (κ1) is 23.4. The number of carbonyl (C=O) groups is 3. The summed E-state index contributed by atoms with van der Waals surface area (Å²) in [7, 11) is 0. The number of benzene rings is 2. The number of hydrogen-bond donors (Lipinski definition) is 2. The molecule has 2 saturated heterocycles. The molecule has 2 fully saturated rings. The van der Waals surface area contributed by atoms with Crippen molar-refractivity contribution < 1.29 is 29.0 Å². The first-order valence-corrected chi connectivity index (χ1v) is 12.3. The van der Waals surface area contributed by atoms with Gasteiger partial charge in [-0.05, 0) is 41.5 Å². The maximum atomic E-state index is 12.7. The van der Waals surface area contributed by atoms with Crippen LogP contribution >= 0.6 is 0 Å². The van der Waals surface area contributed by atoms with Gasteiger partial charge in [0.15, 0.2) is 0 Å². The quantitative estimate of drug-likeness (QED) is 0.563. The summed E-state index contributed by atoms with van der Waals surface area (Å²) >= 11 is 0. The average Bonchev–Trinajstić information content (AvgIpc) is 3.54. The van der Waals surface area contributed by atoms with Crippen molar-refractivity contribution in [2.75, 3.05) is 19.8 Å². The van der Waals surface area contributed by atoms with Gasteiger partial charge in [0.1, 0.15) is 12.6 Å². The van der Waals surface area contributed by atoms with Crippen LogP contribution in [0.4, 0.5) is 4.79 Å². The van der Waals surface area contributed by atoms with E-state index >= 15 is 0 Å². The number of aliphatic carboxylic acids is 1. The smallest absolute Gasteiger partial charge is 0.407 e. The number of carbonyl (C=O) groups excluding carboxylic acids is 2. The lowest BCUT2D eigenvalue weighted by Gasteiger charge is -2.26. The van der Waals surface area contributed by atoms with Crippen LogP contribution in [0.5, 0.6) is 0 Å². The Labute approximate surface area is 204 Å². The predicted octanol–water partition coefficient (Wildman–Crippen LogP) is 3.54. The highest BCUT2D eigenvalue weighted by Crippen LogP contribution is 2.44. The minimum atomic E-state index is -0.978. The molecule has 2 aromatic rings. The second-order valence-electron chi connectivity index (χ2n) is 9.37. The van der Waals surface area contributed by atoms with E-state index < -0.39 is 18.1 Å². The molecule has 2 heterocycles. The highest BCUT2D eigenvalue weighted by atomic mass is 16.5. The SMILES string of the molecule is O=C(NCCCCC(=O)N1C(C(=O)O)C[C@@H]2OCC[C@@H]21)OCC1c2ccccc2-c2ccccc21. The molecule has 0 radical (unpaired) electrons. The Morgan fingerprint density at radius 2 is 1.71 bits per heavy atom. The van der Waals surface area contributed by atoms with E-state index in [4.69, 9.17) is 9.47 Å². The molecule has 2 N–H and O–H groups in total. The molecular formula is C27H30N2O6. The first-order valence-electron chi connectivity index (χ1n) is 12.3. The number of nitrogens with zero attached hydrogens (tertiary/aromatic N) is 1. The lowest BCUT2D eigenvalue weighted by atomic mass is 9.98. The van der Waals surface area contributed by atoms with Gasteiger partial charge in [0.05, 0.1) is 12.1 Å². The van der Waals surface area contributed by atoms with Gasteiger partial charge in [-0.25, -0.2) is 9.59 Å². The fourth-order valence-electron chi connectivity index (χ4n) is 5.69. The summed E-state index contributed by atoms with van der Waals surface area (Å²) in [5.74, 6) is -1.12. The Kier molecular flexibility index (Phi) is 6.72. The van der Waals surface area contributed by atoms with Crippen LogP contribution in [0.1, 0.15) is 49.1 Å². The first-order chi connectivity index (χ1) is 17.0. The number of ether oxygens (including phenoxy) is 2. The van der Waals surface area contributed by atoms with Crippen molar-refractivity contribution in [3.8, 4) is 11.1 Å². The summed E-state index contributed by atoms with van der Waals surface area (Å²) in [6.07, 6.45) is 1.80. The predicted molar refractivity (Wildman–Crippen MR) is 128 cm³/mol. The van der Waals surface area contributed by atoms with E-state index in [2.05, 4.69) is 29.6 Å². The Morgan fingerprint density at radius 3 is 2.40 bits per heavy atom. The lowest BCUT2D eigenvalue weighted by molar-refractivity contribution is -0.149. The minimum Gasteiger partial charge on any atom is -0.480 e. The third kappa shape index (κ3) is 4.62. The number of hydrogen-bond acceptors (Lipinski definition) is 5. The summed E-state index contributed by atoms with van der Waals surface area (Å²) in [5, 5.41) is 12.2. The molecule has 1 aliphatic carbocycles. The molecule has 8 nitrogen and oxygen atoms in total. The summed E-state index contributed by atoms with van der Waals surface area (Å²) in [6, 6.07) is 15.4. The number of nitrogens with one attached hydrogen (secondary N) is 1. The standard InChI is InChI=1S/C27H30N2O6/c30-25(29-22-12-14-34-24(22)15-23(29)26(31)32)11-5-6-13-28-27(33)35-16-21-19-9-3-1-7-17(19)18-8-2-4-10-20(18)21/h1-4,7-10,21-24H,5-6,11-16H2,(H,28,33)(H,31,32)/t22-,23?,24-/m0/s1. The van der Waals surface area contributed by atoms with E-state index in [1.165, 1.54) is 16.0 Å². The van der Waals surface area contributed by atoms with Crippen molar-refractivity contribution in [2.24, 2.45) is 0 Å². The van der Waals surface area contributed by atoms with E-state index in [1.54, 1.807) is 0 Å². The molecule has 35 heavy (non-hydrogen) atoms. The monoisotopic (exact) mass is 478 g/mol. The third-order valence-electron chi connectivity index (χ3n) is 7.33. The average molecular weight is 479 g/mol. The second-order valence-corrected chi connectivity index (χ2v) is 9.37. The molecule has 0 saturated carbocycles. The zero-order valence-electron chi connectivity index (χ0n) is 19.5. The number of rotatable bonds is 8. The van der Waals surface area contributed by atoms with E-state index in [0.717, 1.165) is 11.1 Å². The van der Waals surface area contributed by atoms with Gasteiger partial charge >= 0.3 is 12.1 Å². The molecule has 1 unspecified atom stereocenters.